The smallest absolute Gasteiger partial charge is 0.266 e. The number of hydrogen-bond acceptors (Lipinski definition) is 3. The lowest BCUT2D eigenvalue weighted by atomic mass is 10.1. The predicted molar refractivity (Wildman–Crippen MR) is 109 cm³/mol. The predicted octanol–water partition coefficient (Wildman–Crippen LogP) is 5.06. The molecule has 0 saturated carbocycles. The van der Waals surface area contributed by atoms with Crippen LogP contribution in [0.5, 0.6) is 5.75 Å². The number of halogens is 2. The molecule has 0 aliphatic rings. The molecular weight excluding hydrogens is 451 g/mol. The number of amides is 1. The Hall–Kier alpha value is -2.30. The van der Waals surface area contributed by atoms with Gasteiger partial charge in [0.15, 0.2) is 0 Å². The second kappa shape index (κ2) is 9.25. The van der Waals surface area contributed by atoms with Gasteiger partial charge in [-0.15, -0.1) is 0 Å². The van der Waals surface area contributed by atoms with Gasteiger partial charge in [0.1, 0.15) is 24.0 Å². The summed E-state index contributed by atoms with van der Waals surface area (Å²) in [4.78, 5) is 12.3. The normalized spacial score (nSPS) is 10.7. The van der Waals surface area contributed by atoms with Crippen LogP contribution in [0, 0.1) is 14.9 Å². The van der Waals surface area contributed by atoms with Crippen LogP contribution in [-0.4, -0.2) is 12.5 Å². The van der Waals surface area contributed by atoms with E-state index in [9.17, 15) is 10.1 Å². The summed E-state index contributed by atoms with van der Waals surface area (Å²) >= 11 is 7.95. The minimum atomic E-state index is -0.480. The Kier molecular flexibility index (Phi) is 7.04. The van der Waals surface area contributed by atoms with Crippen LogP contribution >= 0.6 is 34.2 Å². The average Bonchev–Trinajstić information content (AvgIpc) is 2.60. The molecule has 0 atom stereocenters. The summed E-state index contributed by atoms with van der Waals surface area (Å²) in [6.45, 7) is 4.02. The molecule has 2 aromatic carbocycles. The Morgan fingerprint density at radius 3 is 2.64 bits per heavy atom. The van der Waals surface area contributed by atoms with Gasteiger partial charge in [0.2, 0.25) is 0 Å². The van der Waals surface area contributed by atoms with Crippen molar-refractivity contribution in [2.45, 2.75) is 0 Å². The molecule has 0 radical (unpaired) electrons. The molecule has 1 amide bonds. The first kappa shape index (κ1) is 19.0. The minimum absolute atomic E-state index is 0.00510. The summed E-state index contributed by atoms with van der Waals surface area (Å²) in [5, 5.41) is 12.5. The highest BCUT2D eigenvalue weighted by atomic mass is 127. The van der Waals surface area contributed by atoms with Crippen molar-refractivity contribution >= 4 is 51.9 Å². The quantitative estimate of drug-likeness (QED) is 0.281. The fourth-order valence-corrected chi connectivity index (χ4v) is 2.74. The van der Waals surface area contributed by atoms with Crippen LogP contribution in [0.4, 0.5) is 5.69 Å². The zero-order valence-electron chi connectivity index (χ0n) is 13.1. The van der Waals surface area contributed by atoms with E-state index in [4.69, 9.17) is 16.3 Å². The van der Waals surface area contributed by atoms with Gasteiger partial charge in [-0.25, -0.2) is 0 Å². The third-order valence-electron chi connectivity index (χ3n) is 3.09. The van der Waals surface area contributed by atoms with E-state index in [1.807, 2.05) is 12.1 Å². The van der Waals surface area contributed by atoms with Gasteiger partial charge in [0, 0.05) is 10.7 Å². The van der Waals surface area contributed by atoms with Gasteiger partial charge in [0.05, 0.1) is 3.57 Å². The van der Waals surface area contributed by atoms with E-state index >= 15 is 0 Å². The number of carbonyl (C=O) groups excluding carboxylic acids is 1. The number of nitrogens with zero attached hydrogens (tertiary/aromatic N) is 1. The maximum atomic E-state index is 12.3. The summed E-state index contributed by atoms with van der Waals surface area (Å²) < 4.78 is 6.39. The summed E-state index contributed by atoms with van der Waals surface area (Å²) in [6, 6.07) is 14.0. The van der Waals surface area contributed by atoms with Crippen LogP contribution in [0.3, 0.4) is 0 Å². The summed E-state index contributed by atoms with van der Waals surface area (Å²) in [5.74, 6) is 0.244. The number of nitrogens with one attached hydrogen (secondary N) is 1. The highest BCUT2D eigenvalue weighted by Crippen LogP contribution is 2.23. The summed E-state index contributed by atoms with van der Waals surface area (Å²) in [7, 11) is 0. The van der Waals surface area contributed by atoms with Gasteiger partial charge < -0.3 is 10.1 Å². The van der Waals surface area contributed by atoms with Gasteiger partial charge in [-0.3, -0.25) is 4.79 Å². The lowest BCUT2D eigenvalue weighted by Gasteiger charge is -2.07. The minimum Gasteiger partial charge on any atom is -0.488 e. The van der Waals surface area contributed by atoms with E-state index in [0.717, 1.165) is 14.9 Å². The number of benzene rings is 2. The molecule has 25 heavy (non-hydrogen) atoms. The lowest BCUT2D eigenvalue weighted by Crippen LogP contribution is -2.13. The van der Waals surface area contributed by atoms with Crippen molar-refractivity contribution in [1.82, 2.24) is 0 Å². The molecule has 0 unspecified atom stereocenters. The van der Waals surface area contributed by atoms with E-state index < -0.39 is 5.91 Å². The van der Waals surface area contributed by atoms with Gasteiger partial charge in [-0.1, -0.05) is 30.3 Å². The van der Waals surface area contributed by atoms with Crippen molar-refractivity contribution in [3.63, 3.8) is 0 Å². The molecule has 0 fully saturated rings. The van der Waals surface area contributed by atoms with Crippen molar-refractivity contribution < 1.29 is 9.53 Å². The maximum Gasteiger partial charge on any atom is 0.266 e. The first-order valence-electron chi connectivity index (χ1n) is 7.25. The fraction of sp³-hybridized carbons (Fsp3) is 0.0526. The third-order valence-corrected chi connectivity index (χ3v) is 4.19. The van der Waals surface area contributed by atoms with E-state index in [2.05, 4.69) is 34.5 Å². The van der Waals surface area contributed by atoms with E-state index in [-0.39, 0.29) is 5.57 Å². The molecule has 6 heteroatoms. The molecule has 0 aliphatic heterocycles. The van der Waals surface area contributed by atoms with Gasteiger partial charge >= 0.3 is 0 Å². The average molecular weight is 465 g/mol. The van der Waals surface area contributed by atoms with Gasteiger partial charge in [-0.05, 0) is 70.6 Å². The van der Waals surface area contributed by atoms with Crippen LogP contribution < -0.4 is 10.1 Å². The van der Waals surface area contributed by atoms with Crippen LogP contribution in [-0.2, 0) is 4.79 Å². The Labute approximate surface area is 164 Å². The Bertz CT molecular complexity index is 855. The number of ether oxygens (including phenoxy) is 1. The van der Waals surface area contributed by atoms with E-state index in [1.54, 1.807) is 42.5 Å². The Balaban J connectivity index is 2.17. The molecule has 0 bridgehead atoms. The first-order valence-corrected chi connectivity index (χ1v) is 8.71. The van der Waals surface area contributed by atoms with Gasteiger partial charge in [-0.2, -0.15) is 5.26 Å². The second-order valence-corrected chi connectivity index (χ2v) is 6.52. The molecule has 1 N–H and O–H groups in total. The molecule has 0 aliphatic carbocycles. The zero-order valence-corrected chi connectivity index (χ0v) is 16.0. The van der Waals surface area contributed by atoms with Crippen molar-refractivity contribution in [2.24, 2.45) is 0 Å². The molecule has 0 aromatic heterocycles. The number of nitriles is 1. The lowest BCUT2D eigenvalue weighted by molar-refractivity contribution is -0.112. The van der Waals surface area contributed by atoms with Crippen LogP contribution in [0.15, 0.2) is 60.7 Å². The van der Waals surface area contributed by atoms with E-state index in [0.29, 0.717) is 17.3 Å². The first-order chi connectivity index (χ1) is 12.0. The van der Waals surface area contributed by atoms with Crippen molar-refractivity contribution in [1.29, 1.82) is 5.26 Å². The van der Waals surface area contributed by atoms with Crippen molar-refractivity contribution in [3.05, 3.63) is 74.8 Å². The monoisotopic (exact) mass is 464 g/mol. The Morgan fingerprint density at radius 1 is 1.32 bits per heavy atom. The highest BCUT2D eigenvalue weighted by molar-refractivity contribution is 14.1. The van der Waals surface area contributed by atoms with Crippen LogP contribution in [0.1, 0.15) is 5.56 Å². The van der Waals surface area contributed by atoms with Crippen LogP contribution in [0.25, 0.3) is 6.08 Å². The number of anilines is 1. The molecule has 0 spiro atoms. The maximum absolute atomic E-state index is 12.3. The van der Waals surface area contributed by atoms with E-state index in [1.165, 1.54) is 6.08 Å². The van der Waals surface area contributed by atoms with Crippen molar-refractivity contribution in [2.75, 3.05) is 11.9 Å². The second-order valence-electron chi connectivity index (χ2n) is 4.92. The largest absolute Gasteiger partial charge is 0.488 e. The van der Waals surface area contributed by atoms with Gasteiger partial charge in [0.25, 0.3) is 5.91 Å². The topological polar surface area (TPSA) is 62.1 Å². The molecular formula is C19H14ClIN2O2. The molecule has 2 rings (SSSR count). The SMILES string of the molecule is C=CCOc1ccc(/C=C(/C#N)C(=O)Nc2ccc(Cl)cc2)cc1I. The standard InChI is InChI=1S/C19H14ClIN2O2/c1-2-9-25-18-8-3-13(11-17(18)21)10-14(12-22)19(24)23-16-6-4-15(20)5-7-16/h2-8,10-11H,1,9H2,(H,23,24)/b14-10-. The zero-order chi connectivity index (χ0) is 18.2. The Morgan fingerprint density at radius 2 is 2.04 bits per heavy atom. The van der Waals surface area contributed by atoms with Crippen molar-refractivity contribution in [3.8, 4) is 11.8 Å². The molecule has 2 aromatic rings. The summed E-state index contributed by atoms with van der Waals surface area (Å²) in [6.07, 6.45) is 3.20. The number of hydrogen-bond donors (Lipinski definition) is 1. The summed E-state index contributed by atoms with van der Waals surface area (Å²) in [5.41, 5.74) is 1.31. The number of rotatable bonds is 6. The molecule has 126 valence electrons. The fourth-order valence-electron chi connectivity index (χ4n) is 1.92. The highest BCUT2D eigenvalue weighted by Gasteiger charge is 2.10. The van der Waals surface area contributed by atoms with Crippen LogP contribution in [0.2, 0.25) is 5.02 Å². The molecule has 0 heterocycles. The molecule has 4 nitrogen and oxygen atoms in total. The molecule has 0 saturated heterocycles. The third kappa shape index (κ3) is 5.62. The number of carbonyl (C=O) groups is 1.